The van der Waals surface area contributed by atoms with Crippen LogP contribution >= 0.6 is 12.4 Å². The zero-order chi connectivity index (χ0) is 12.6. The predicted molar refractivity (Wildman–Crippen MR) is 80.1 cm³/mol. The molecule has 1 aliphatic heterocycles. The van der Waals surface area contributed by atoms with Gasteiger partial charge in [-0.1, -0.05) is 18.2 Å². The van der Waals surface area contributed by atoms with E-state index in [-0.39, 0.29) is 12.4 Å². The molecule has 0 radical (unpaired) electrons. The largest absolute Gasteiger partial charge is 0.496 e. The third kappa shape index (κ3) is 5.39. The number of halogens is 1. The Balaban J connectivity index is 0.00000180. The van der Waals surface area contributed by atoms with Crippen LogP contribution < -0.4 is 10.1 Å². The number of rotatable bonds is 6. The van der Waals surface area contributed by atoms with Crippen LogP contribution in [-0.4, -0.2) is 26.8 Å². The summed E-state index contributed by atoms with van der Waals surface area (Å²) in [6.07, 6.45) is 3.76. The minimum Gasteiger partial charge on any atom is -0.496 e. The van der Waals surface area contributed by atoms with Gasteiger partial charge in [0.15, 0.2) is 0 Å². The summed E-state index contributed by atoms with van der Waals surface area (Å²) in [7, 11) is 1.70. The molecule has 1 aliphatic rings. The van der Waals surface area contributed by atoms with E-state index in [2.05, 4.69) is 11.4 Å². The molecular formula is C15H24ClNO2. The van der Waals surface area contributed by atoms with Gasteiger partial charge in [0.05, 0.1) is 13.7 Å². The maximum Gasteiger partial charge on any atom is 0.124 e. The Bertz CT molecular complexity index is 354. The Hall–Kier alpha value is -0.770. The Labute approximate surface area is 122 Å². The van der Waals surface area contributed by atoms with Crippen LogP contribution in [0.4, 0.5) is 0 Å². The predicted octanol–water partition coefficient (Wildman–Crippen LogP) is 3.02. The van der Waals surface area contributed by atoms with E-state index in [1.165, 1.54) is 19.3 Å². The number of piperidine rings is 1. The van der Waals surface area contributed by atoms with Crippen molar-refractivity contribution in [3.05, 3.63) is 29.8 Å². The number of ether oxygens (including phenoxy) is 2. The van der Waals surface area contributed by atoms with Crippen molar-refractivity contribution in [1.29, 1.82) is 0 Å². The normalized spacial score (nSPS) is 15.8. The molecule has 0 aliphatic carbocycles. The van der Waals surface area contributed by atoms with E-state index >= 15 is 0 Å². The van der Waals surface area contributed by atoms with E-state index in [0.717, 1.165) is 36.9 Å². The number of hydrogen-bond donors (Lipinski definition) is 1. The average Bonchev–Trinajstić information content (AvgIpc) is 2.45. The first-order chi connectivity index (χ1) is 8.90. The lowest BCUT2D eigenvalue weighted by atomic mass is 9.95. The van der Waals surface area contributed by atoms with Gasteiger partial charge in [-0.15, -0.1) is 12.4 Å². The van der Waals surface area contributed by atoms with E-state index in [1.807, 2.05) is 18.2 Å². The third-order valence-corrected chi connectivity index (χ3v) is 3.58. The van der Waals surface area contributed by atoms with E-state index in [9.17, 15) is 0 Å². The van der Waals surface area contributed by atoms with Crippen molar-refractivity contribution in [2.45, 2.75) is 25.9 Å². The summed E-state index contributed by atoms with van der Waals surface area (Å²) in [6.45, 7) is 3.83. The highest BCUT2D eigenvalue weighted by Gasteiger charge is 2.12. The number of para-hydroxylation sites is 1. The zero-order valence-corrected chi connectivity index (χ0v) is 12.4. The van der Waals surface area contributed by atoms with Crippen molar-refractivity contribution >= 4 is 12.4 Å². The molecule has 0 amide bonds. The Morgan fingerprint density at radius 3 is 2.68 bits per heavy atom. The standard InChI is InChI=1S/C15H23NO2.ClH/c1-17-15-5-3-2-4-14(15)12-18-11-8-13-6-9-16-10-7-13;/h2-5,13,16H,6-12H2,1H3;1H. The highest BCUT2D eigenvalue weighted by Crippen LogP contribution is 2.19. The summed E-state index contributed by atoms with van der Waals surface area (Å²) >= 11 is 0. The monoisotopic (exact) mass is 285 g/mol. The smallest absolute Gasteiger partial charge is 0.124 e. The number of methoxy groups -OCH3 is 1. The second kappa shape index (κ2) is 9.18. The van der Waals surface area contributed by atoms with Gasteiger partial charge < -0.3 is 14.8 Å². The average molecular weight is 286 g/mol. The maximum atomic E-state index is 5.76. The number of benzene rings is 1. The molecule has 0 spiro atoms. The first-order valence-corrected chi connectivity index (χ1v) is 6.80. The Morgan fingerprint density at radius 2 is 1.95 bits per heavy atom. The fourth-order valence-corrected chi connectivity index (χ4v) is 2.42. The van der Waals surface area contributed by atoms with Gasteiger partial charge in [0.1, 0.15) is 5.75 Å². The summed E-state index contributed by atoms with van der Waals surface area (Å²) in [5.41, 5.74) is 1.13. The lowest BCUT2D eigenvalue weighted by Crippen LogP contribution is -2.28. The molecule has 1 fully saturated rings. The fraction of sp³-hybridized carbons (Fsp3) is 0.600. The van der Waals surface area contributed by atoms with Crippen LogP contribution in [0.1, 0.15) is 24.8 Å². The molecule has 2 rings (SSSR count). The maximum absolute atomic E-state index is 5.76. The van der Waals surface area contributed by atoms with Crippen LogP contribution in [0.2, 0.25) is 0 Å². The van der Waals surface area contributed by atoms with Crippen LogP contribution in [0, 0.1) is 5.92 Å². The lowest BCUT2D eigenvalue weighted by Gasteiger charge is -2.22. The summed E-state index contributed by atoms with van der Waals surface area (Å²) in [4.78, 5) is 0. The van der Waals surface area contributed by atoms with Gasteiger partial charge in [-0.05, 0) is 44.3 Å². The highest BCUT2D eigenvalue weighted by molar-refractivity contribution is 5.85. The molecule has 108 valence electrons. The summed E-state index contributed by atoms with van der Waals surface area (Å²) in [5.74, 6) is 1.75. The summed E-state index contributed by atoms with van der Waals surface area (Å²) in [6, 6.07) is 8.04. The molecule has 1 N–H and O–H groups in total. The highest BCUT2D eigenvalue weighted by atomic mass is 35.5. The molecule has 1 aromatic rings. The van der Waals surface area contributed by atoms with Gasteiger partial charge in [-0.2, -0.15) is 0 Å². The number of hydrogen-bond acceptors (Lipinski definition) is 3. The first kappa shape index (κ1) is 16.3. The van der Waals surface area contributed by atoms with Crippen molar-refractivity contribution in [1.82, 2.24) is 5.32 Å². The minimum absolute atomic E-state index is 0. The second-order valence-corrected chi connectivity index (χ2v) is 4.85. The molecule has 1 heterocycles. The van der Waals surface area contributed by atoms with E-state index in [4.69, 9.17) is 9.47 Å². The SMILES string of the molecule is COc1ccccc1COCCC1CCNCC1.Cl. The molecule has 0 unspecified atom stereocenters. The quantitative estimate of drug-likeness (QED) is 0.815. The lowest BCUT2D eigenvalue weighted by molar-refractivity contribution is 0.101. The molecule has 1 saturated heterocycles. The molecule has 0 saturated carbocycles. The van der Waals surface area contributed by atoms with E-state index in [1.54, 1.807) is 7.11 Å². The second-order valence-electron chi connectivity index (χ2n) is 4.85. The summed E-state index contributed by atoms with van der Waals surface area (Å²) in [5, 5.41) is 3.39. The van der Waals surface area contributed by atoms with Crippen molar-refractivity contribution in [2.75, 3.05) is 26.8 Å². The Kier molecular flexibility index (Phi) is 7.87. The van der Waals surface area contributed by atoms with Gasteiger partial charge in [-0.3, -0.25) is 0 Å². The third-order valence-electron chi connectivity index (χ3n) is 3.58. The first-order valence-electron chi connectivity index (χ1n) is 6.80. The molecule has 0 bridgehead atoms. The van der Waals surface area contributed by atoms with Gasteiger partial charge in [0, 0.05) is 12.2 Å². The van der Waals surface area contributed by atoms with Gasteiger partial charge in [0.2, 0.25) is 0 Å². The van der Waals surface area contributed by atoms with E-state index < -0.39 is 0 Å². The van der Waals surface area contributed by atoms with Crippen LogP contribution in [-0.2, 0) is 11.3 Å². The number of nitrogens with one attached hydrogen (secondary N) is 1. The molecule has 4 heteroatoms. The fourth-order valence-electron chi connectivity index (χ4n) is 2.42. The molecule has 1 aromatic carbocycles. The van der Waals surface area contributed by atoms with Crippen LogP contribution in [0.5, 0.6) is 5.75 Å². The Morgan fingerprint density at radius 1 is 1.21 bits per heavy atom. The van der Waals surface area contributed by atoms with Crippen LogP contribution in [0.3, 0.4) is 0 Å². The van der Waals surface area contributed by atoms with Gasteiger partial charge in [0.25, 0.3) is 0 Å². The van der Waals surface area contributed by atoms with E-state index in [0.29, 0.717) is 6.61 Å². The molecule has 19 heavy (non-hydrogen) atoms. The van der Waals surface area contributed by atoms with Crippen molar-refractivity contribution in [3.63, 3.8) is 0 Å². The van der Waals surface area contributed by atoms with Gasteiger partial charge in [-0.25, -0.2) is 0 Å². The minimum atomic E-state index is 0. The van der Waals surface area contributed by atoms with Crippen molar-refractivity contribution < 1.29 is 9.47 Å². The zero-order valence-electron chi connectivity index (χ0n) is 11.6. The van der Waals surface area contributed by atoms with Crippen molar-refractivity contribution in [2.24, 2.45) is 5.92 Å². The topological polar surface area (TPSA) is 30.5 Å². The van der Waals surface area contributed by atoms with Crippen molar-refractivity contribution in [3.8, 4) is 5.75 Å². The van der Waals surface area contributed by atoms with Crippen LogP contribution in [0.25, 0.3) is 0 Å². The molecule has 0 aromatic heterocycles. The molecule has 0 atom stereocenters. The van der Waals surface area contributed by atoms with Crippen LogP contribution in [0.15, 0.2) is 24.3 Å². The van der Waals surface area contributed by atoms with Gasteiger partial charge >= 0.3 is 0 Å². The molecule has 3 nitrogen and oxygen atoms in total. The molecular weight excluding hydrogens is 262 g/mol. The summed E-state index contributed by atoms with van der Waals surface area (Å²) < 4.78 is 11.1.